The van der Waals surface area contributed by atoms with E-state index in [1.807, 2.05) is 0 Å². The fraction of sp³-hybridized carbons (Fsp3) is 0.364. The van der Waals surface area contributed by atoms with Crippen molar-refractivity contribution in [2.24, 2.45) is 0 Å². The standard InChI is InChI=1S/C22H24N4O5/c1-29-19-11-9-14(13-20(19)30-2)21-24-22(31-25-21)15-8-10-17(18(12-15)26(27)28)23-16-6-4-3-5-7-16/h8-13,16,23H,3-7H2,1-2H3. The van der Waals surface area contributed by atoms with Crippen molar-refractivity contribution in [3.05, 3.63) is 46.5 Å². The first-order chi connectivity index (χ1) is 15.1. The molecule has 0 bridgehead atoms. The maximum Gasteiger partial charge on any atom is 0.293 e. The summed E-state index contributed by atoms with van der Waals surface area (Å²) >= 11 is 0. The molecule has 162 valence electrons. The van der Waals surface area contributed by atoms with Gasteiger partial charge in [-0.05, 0) is 43.2 Å². The number of rotatable bonds is 7. The van der Waals surface area contributed by atoms with Crippen LogP contribution >= 0.6 is 0 Å². The maximum absolute atomic E-state index is 11.7. The Morgan fingerprint density at radius 1 is 1.03 bits per heavy atom. The molecule has 4 rings (SSSR count). The van der Waals surface area contributed by atoms with Crippen molar-refractivity contribution in [2.75, 3.05) is 19.5 Å². The summed E-state index contributed by atoms with van der Waals surface area (Å²) in [6, 6.07) is 10.5. The summed E-state index contributed by atoms with van der Waals surface area (Å²) in [6.07, 6.45) is 5.56. The lowest BCUT2D eigenvalue weighted by Gasteiger charge is -2.23. The first-order valence-corrected chi connectivity index (χ1v) is 10.2. The van der Waals surface area contributed by atoms with Crippen LogP contribution in [0.5, 0.6) is 11.5 Å². The van der Waals surface area contributed by atoms with Gasteiger partial charge in [-0.2, -0.15) is 4.98 Å². The number of hydrogen-bond donors (Lipinski definition) is 1. The van der Waals surface area contributed by atoms with E-state index >= 15 is 0 Å². The van der Waals surface area contributed by atoms with E-state index in [0.717, 1.165) is 25.7 Å². The molecule has 1 saturated carbocycles. The number of aromatic nitrogens is 2. The van der Waals surface area contributed by atoms with Gasteiger partial charge in [0.05, 0.1) is 19.1 Å². The highest BCUT2D eigenvalue weighted by molar-refractivity contribution is 5.71. The van der Waals surface area contributed by atoms with E-state index in [0.29, 0.717) is 34.1 Å². The fourth-order valence-corrected chi connectivity index (χ4v) is 3.84. The molecule has 1 aliphatic rings. The van der Waals surface area contributed by atoms with Gasteiger partial charge in [0.1, 0.15) is 5.69 Å². The van der Waals surface area contributed by atoms with Gasteiger partial charge >= 0.3 is 0 Å². The number of ether oxygens (including phenoxy) is 2. The SMILES string of the molecule is COc1ccc(-c2noc(-c3ccc(NC4CCCCC4)c([N+](=O)[O-])c3)n2)cc1OC. The zero-order valence-corrected chi connectivity index (χ0v) is 17.5. The summed E-state index contributed by atoms with van der Waals surface area (Å²) in [7, 11) is 3.11. The summed E-state index contributed by atoms with van der Waals surface area (Å²) in [6.45, 7) is 0. The van der Waals surface area contributed by atoms with Gasteiger partial charge in [0.15, 0.2) is 11.5 Å². The van der Waals surface area contributed by atoms with Crippen LogP contribution in [0.4, 0.5) is 11.4 Å². The normalized spacial score (nSPS) is 14.3. The Morgan fingerprint density at radius 3 is 2.48 bits per heavy atom. The summed E-state index contributed by atoms with van der Waals surface area (Å²) < 4.78 is 15.9. The first kappa shape index (κ1) is 20.6. The average molecular weight is 424 g/mol. The summed E-state index contributed by atoms with van der Waals surface area (Å²) in [5.74, 6) is 1.69. The van der Waals surface area contributed by atoms with E-state index in [1.165, 1.54) is 12.5 Å². The number of benzene rings is 2. The molecule has 9 heteroatoms. The second-order valence-electron chi connectivity index (χ2n) is 7.46. The van der Waals surface area contributed by atoms with Crippen LogP contribution in [0.3, 0.4) is 0 Å². The average Bonchev–Trinajstić information content (AvgIpc) is 3.29. The molecular weight excluding hydrogens is 400 g/mol. The molecule has 0 unspecified atom stereocenters. The number of anilines is 1. The van der Waals surface area contributed by atoms with Gasteiger partial charge in [-0.3, -0.25) is 10.1 Å². The predicted octanol–water partition coefficient (Wildman–Crippen LogP) is 5.07. The molecule has 31 heavy (non-hydrogen) atoms. The van der Waals surface area contributed by atoms with Crippen LogP contribution in [0.25, 0.3) is 22.8 Å². The van der Waals surface area contributed by atoms with Crippen molar-refractivity contribution in [1.82, 2.24) is 10.1 Å². The third-order valence-corrected chi connectivity index (χ3v) is 5.47. The molecule has 1 aromatic heterocycles. The van der Waals surface area contributed by atoms with Crippen molar-refractivity contribution < 1.29 is 18.9 Å². The van der Waals surface area contributed by atoms with Crippen molar-refractivity contribution >= 4 is 11.4 Å². The second kappa shape index (κ2) is 9.03. The van der Waals surface area contributed by atoms with Gasteiger partial charge in [-0.25, -0.2) is 0 Å². The number of nitrogens with one attached hydrogen (secondary N) is 1. The lowest BCUT2D eigenvalue weighted by atomic mass is 9.95. The van der Waals surface area contributed by atoms with Crippen molar-refractivity contribution in [2.45, 2.75) is 38.1 Å². The van der Waals surface area contributed by atoms with Crippen LogP contribution in [-0.2, 0) is 0 Å². The smallest absolute Gasteiger partial charge is 0.293 e. The number of nitro benzene ring substituents is 1. The van der Waals surface area contributed by atoms with E-state index in [2.05, 4.69) is 15.5 Å². The molecule has 0 aliphatic heterocycles. The van der Waals surface area contributed by atoms with Gasteiger partial charge in [-0.1, -0.05) is 24.4 Å². The molecule has 1 fully saturated rings. The molecule has 1 heterocycles. The van der Waals surface area contributed by atoms with Crippen LogP contribution in [-0.4, -0.2) is 35.3 Å². The first-order valence-electron chi connectivity index (χ1n) is 10.2. The number of nitrogens with zero attached hydrogens (tertiary/aromatic N) is 3. The second-order valence-corrected chi connectivity index (χ2v) is 7.46. The zero-order chi connectivity index (χ0) is 21.8. The van der Waals surface area contributed by atoms with E-state index in [-0.39, 0.29) is 22.5 Å². The molecular formula is C22H24N4O5. The van der Waals surface area contributed by atoms with Crippen LogP contribution in [0.2, 0.25) is 0 Å². The minimum Gasteiger partial charge on any atom is -0.493 e. The molecule has 1 aliphatic carbocycles. The molecule has 3 aromatic rings. The molecule has 9 nitrogen and oxygen atoms in total. The van der Waals surface area contributed by atoms with E-state index in [4.69, 9.17) is 14.0 Å². The Labute approximate surface area is 179 Å². The van der Waals surface area contributed by atoms with Crippen LogP contribution in [0.1, 0.15) is 32.1 Å². The van der Waals surface area contributed by atoms with E-state index < -0.39 is 0 Å². The summed E-state index contributed by atoms with van der Waals surface area (Å²) in [5, 5.41) is 19.0. The fourth-order valence-electron chi connectivity index (χ4n) is 3.84. The Hall–Kier alpha value is -3.62. The highest BCUT2D eigenvalue weighted by Crippen LogP contribution is 2.34. The van der Waals surface area contributed by atoms with Crippen molar-refractivity contribution in [3.63, 3.8) is 0 Å². The Kier molecular flexibility index (Phi) is 6.01. The highest BCUT2D eigenvalue weighted by atomic mass is 16.6. The Balaban J connectivity index is 1.61. The zero-order valence-electron chi connectivity index (χ0n) is 17.5. The minimum atomic E-state index is -0.389. The van der Waals surface area contributed by atoms with Crippen molar-refractivity contribution in [3.8, 4) is 34.3 Å². The molecule has 1 N–H and O–H groups in total. The third-order valence-electron chi connectivity index (χ3n) is 5.47. The van der Waals surface area contributed by atoms with Crippen LogP contribution in [0, 0.1) is 10.1 Å². The van der Waals surface area contributed by atoms with Gasteiger partial charge < -0.3 is 19.3 Å². The van der Waals surface area contributed by atoms with Gasteiger partial charge in [-0.15, -0.1) is 0 Å². The Bertz CT molecular complexity index is 1080. The molecule has 0 saturated heterocycles. The topological polar surface area (TPSA) is 113 Å². The Morgan fingerprint density at radius 2 is 1.77 bits per heavy atom. The van der Waals surface area contributed by atoms with Crippen molar-refractivity contribution in [1.29, 1.82) is 0 Å². The quantitative estimate of drug-likeness (QED) is 0.413. The summed E-state index contributed by atoms with van der Waals surface area (Å²) in [4.78, 5) is 15.7. The predicted molar refractivity (Wildman–Crippen MR) is 115 cm³/mol. The van der Waals surface area contributed by atoms with Crippen LogP contribution in [0.15, 0.2) is 40.9 Å². The molecule has 0 amide bonds. The van der Waals surface area contributed by atoms with Crippen LogP contribution < -0.4 is 14.8 Å². The third kappa shape index (κ3) is 4.45. The van der Waals surface area contributed by atoms with E-state index in [1.54, 1.807) is 44.6 Å². The maximum atomic E-state index is 11.7. The van der Waals surface area contributed by atoms with E-state index in [9.17, 15) is 10.1 Å². The number of hydrogen-bond acceptors (Lipinski definition) is 8. The lowest BCUT2D eigenvalue weighted by molar-refractivity contribution is -0.383. The summed E-state index contributed by atoms with van der Waals surface area (Å²) in [5.41, 5.74) is 1.67. The number of nitro groups is 1. The molecule has 2 aromatic carbocycles. The molecule has 0 spiro atoms. The molecule has 0 radical (unpaired) electrons. The van der Waals surface area contributed by atoms with Gasteiger partial charge in [0, 0.05) is 23.2 Å². The largest absolute Gasteiger partial charge is 0.493 e. The lowest BCUT2D eigenvalue weighted by Crippen LogP contribution is -2.22. The minimum absolute atomic E-state index is 0.00561. The number of methoxy groups -OCH3 is 2. The highest BCUT2D eigenvalue weighted by Gasteiger charge is 2.22. The van der Waals surface area contributed by atoms with Gasteiger partial charge in [0.25, 0.3) is 11.6 Å². The van der Waals surface area contributed by atoms with Gasteiger partial charge in [0.2, 0.25) is 5.82 Å². The molecule has 0 atom stereocenters. The monoisotopic (exact) mass is 424 g/mol.